The minimum atomic E-state index is -0.359. The van der Waals surface area contributed by atoms with Crippen LogP contribution in [0.15, 0.2) is 27.4 Å². The summed E-state index contributed by atoms with van der Waals surface area (Å²) in [5.41, 5.74) is -0.279. The smallest absolute Gasteiger partial charge is 0.273 e. The van der Waals surface area contributed by atoms with Crippen LogP contribution in [0.2, 0.25) is 0 Å². The lowest BCUT2D eigenvalue weighted by molar-refractivity contribution is 0.314. The van der Waals surface area contributed by atoms with E-state index in [2.05, 4.69) is 10.1 Å². The topological polar surface area (TPSA) is 67.5 Å². The SMILES string of the molecule is CC1(C)Sc2nc(=O)ccn2/C1=N\O. The molecule has 6 heteroatoms. The molecule has 0 saturated carbocycles. The van der Waals surface area contributed by atoms with Crippen LogP contribution in [-0.4, -0.2) is 25.3 Å². The first-order chi connectivity index (χ1) is 6.54. The van der Waals surface area contributed by atoms with Gasteiger partial charge in [0.2, 0.25) is 0 Å². The molecule has 2 heterocycles. The molecule has 0 spiro atoms. The number of aromatic nitrogens is 2. The third-order valence-electron chi connectivity index (χ3n) is 1.99. The first kappa shape index (κ1) is 9.26. The average Bonchev–Trinajstić information content (AvgIpc) is 2.33. The monoisotopic (exact) mass is 211 g/mol. The predicted molar refractivity (Wildman–Crippen MR) is 53.1 cm³/mol. The molecule has 1 aromatic rings. The van der Waals surface area contributed by atoms with Gasteiger partial charge in [-0.1, -0.05) is 16.9 Å². The molecule has 0 aliphatic carbocycles. The van der Waals surface area contributed by atoms with E-state index in [1.165, 1.54) is 17.8 Å². The van der Waals surface area contributed by atoms with Gasteiger partial charge in [0.25, 0.3) is 5.56 Å². The van der Waals surface area contributed by atoms with Crippen molar-refractivity contribution in [2.45, 2.75) is 23.8 Å². The summed E-state index contributed by atoms with van der Waals surface area (Å²) < 4.78 is 1.26. The summed E-state index contributed by atoms with van der Waals surface area (Å²) in [6.45, 7) is 3.82. The van der Waals surface area contributed by atoms with E-state index in [0.29, 0.717) is 11.0 Å². The van der Waals surface area contributed by atoms with Crippen LogP contribution < -0.4 is 5.56 Å². The van der Waals surface area contributed by atoms with Crippen molar-refractivity contribution < 1.29 is 5.21 Å². The molecular weight excluding hydrogens is 202 g/mol. The maximum absolute atomic E-state index is 11.0. The molecule has 0 amide bonds. The molecule has 1 N–H and O–H groups in total. The maximum Gasteiger partial charge on any atom is 0.273 e. The van der Waals surface area contributed by atoms with E-state index in [1.807, 2.05) is 13.8 Å². The van der Waals surface area contributed by atoms with Gasteiger partial charge >= 0.3 is 0 Å². The Morgan fingerprint density at radius 1 is 1.64 bits per heavy atom. The average molecular weight is 211 g/mol. The number of oxime groups is 1. The fraction of sp³-hybridized carbons (Fsp3) is 0.375. The molecule has 0 atom stereocenters. The van der Waals surface area contributed by atoms with Gasteiger partial charge in [0.05, 0.1) is 4.75 Å². The van der Waals surface area contributed by atoms with Crippen LogP contribution in [0, 0.1) is 0 Å². The molecule has 0 unspecified atom stereocenters. The third-order valence-corrected chi connectivity index (χ3v) is 3.15. The summed E-state index contributed by atoms with van der Waals surface area (Å²) in [5, 5.41) is 12.7. The van der Waals surface area contributed by atoms with Gasteiger partial charge in [0.15, 0.2) is 11.0 Å². The fourth-order valence-corrected chi connectivity index (χ4v) is 2.42. The Morgan fingerprint density at radius 3 is 3.00 bits per heavy atom. The first-order valence-electron chi connectivity index (χ1n) is 4.06. The lowest BCUT2D eigenvalue weighted by atomic mass is 10.2. The minimum Gasteiger partial charge on any atom is -0.409 e. The Bertz CT molecular complexity index is 464. The molecule has 5 nitrogen and oxygen atoms in total. The maximum atomic E-state index is 11.0. The Labute approximate surface area is 84.5 Å². The van der Waals surface area contributed by atoms with Crippen molar-refractivity contribution in [1.29, 1.82) is 0 Å². The van der Waals surface area contributed by atoms with Gasteiger partial charge in [-0.3, -0.25) is 9.36 Å². The van der Waals surface area contributed by atoms with Gasteiger partial charge in [-0.15, -0.1) is 0 Å². The largest absolute Gasteiger partial charge is 0.409 e. The van der Waals surface area contributed by atoms with Gasteiger partial charge in [0.1, 0.15) is 0 Å². The number of thioether (sulfide) groups is 1. The summed E-state index contributed by atoms with van der Waals surface area (Å²) >= 11 is 1.40. The Hall–Kier alpha value is -1.30. The molecule has 1 aliphatic rings. The van der Waals surface area contributed by atoms with Crippen molar-refractivity contribution >= 4 is 17.6 Å². The zero-order valence-corrected chi connectivity index (χ0v) is 8.58. The number of fused-ring (bicyclic) bond motifs is 1. The Morgan fingerprint density at radius 2 is 2.36 bits per heavy atom. The molecule has 1 aliphatic heterocycles. The minimum absolute atomic E-state index is 0.279. The van der Waals surface area contributed by atoms with Gasteiger partial charge < -0.3 is 5.21 Å². The number of hydrogen-bond donors (Lipinski definition) is 1. The molecule has 0 radical (unpaired) electrons. The highest BCUT2D eigenvalue weighted by molar-refractivity contribution is 8.01. The quantitative estimate of drug-likeness (QED) is 0.391. The van der Waals surface area contributed by atoms with Crippen LogP contribution in [0.1, 0.15) is 13.8 Å². The molecule has 2 rings (SSSR count). The van der Waals surface area contributed by atoms with E-state index in [4.69, 9.17) is 5.21 Å². The summed E-state index contributed by atoms with van der Waals surface area (Å²) in [6, 6.07) is 1.34. The third kappa shape index (κ3) is 1.22. The van der Waals surface area contributed by atoms with Crippen LogP contribution in [0.3, 0.4) is 0 Å². The molecule has 14 heavy (non-hydrogen) atoms. The highest BCUT2D eigenvalue weighted by Gasteiger charge is 2.37. The second kappa shape index (κ2) is 2.84. The van der Waals surface area contributed by atoms with Crippen LogP contribution in [0.25, 0.3) is 0 Å². The zero-order valence-electron chi connectivity index (χ0n) is 7.76. The molecule has 0 saturated heterocycles. The van der Waals surface area contributed by atoms with E-state index in [9.17, 15) is 4.79 Å². The van der Waals surface area contributed by atoms with E-state index < -0.39 is 0 Å². The molecule has 74 valence electrons. The van der Waals surface area contributed by atoms with Crippen molar-refractivity contribution in [2.24, 2.45) is 5.16 Å². The van der Waals surface area contributed by atoms with Gasteiger partial charge in [-0.05, 0) is 13.8 Å². The lowest BCUT2D eigenvalue weighted by Gasteiger charge is -2.13. The van der Waals surface area contributed by atoms with Crippen molar-refractivity contribution in [3.8, 4) is 0 Å². The second-order valence-corrected chi connectivity index (χ2v) is 5.04. The summed E-state index contributed by atoms with van der Waals surface area (Å²) in [6.07, 6.45) is 1.57. The van der Waals surface area contributed by atoms with E-state index in [0.717, 1.165) is 0 Å². The van der Waals surface area contributed by atoms with Crippen LogP contribution >= 0.6 is 11.8 Å². The molecule has 0 aromatic carbocycles. The Balaban J connectivity index is 2.65. The summed E-state index contributed by atoms with van der Waals surface area (Å²) in [5.74, 6) is 0.491. The molecular formula is C8H9N3O2S. The normalized spacial score (nSPS) is 21.1. The molecule has 1 aromatic heterocycles. The second-order valence-electron chi connectivity index (χ2n) is 3.45. The number of nitrogens with zero attached hydrogens (tertiary/aromatic N) is 3. The van der Waals surface area contributed by atoms with Crippen molar-refractivity contribution in [2.75, 3.05) is 0 Å². The van der Waals surface area contributed by atoms with Gasteiger partial charge in [0, 0.05) is 12.3 Å². The van der Waals surface area contributed by atoms with Crippen LogP contribution in [0.5, 0.6) is 0 Å². The Kier molecular flexibility index (Phi) is 1.88. The zero-order chi connectivity index (χ0) is 10.3. The van der Waals surface area contributed by atoms with E-state index in [1.54, 1.807) is 10.8 Å². The molecule has 0 fully saturated rings. The van der Waals surface area contributed by atoms with Crippen LogP contribution in [-0.2, 0) is 0 Å². The first-order valence-corrected chi connectivity index (χ1v) is 4.88. The van der Waals surface area contributed by atoms with Crippen LogP contribution in [0.4, 0.5) is 0 Å². The van der Waals surface area contributed by atoms with Gasteiger partial charge in [-0.2, -0.15) is 4.98 Å². The predicted octanol–water partition coefficient (Wildman–Crippen LogP) is 0.763. The fourth-order valence-electron chi connectivity index (χ4n) is 1.35. The van der Waals surface area contributed by atoms with Crippen molar-refractivity contribution in [3.63, 3.8) is 0 Å². The summed E-state index contributed by atoms with van der Waals surface area (Å²) in [4.78, 5) is 14.8. The standard InChI is InChI=1S/C8H9N3O2S/c1-8(2)6(10-13)11-4-3-5(12)9-7(11)14-8/h3-4,13H,1-2H3/b10-6-. The highest BCUT2D eigenvalue weighted by atomic mass is 32.2. The van der Waals surface area contributed by atoms with E-state index in [-0.39, 0.29) is 10.3 Å². The van der Waals surface area contributed by atoms with Crippen molar-refractivity contribution in [1.82, 2.24) is 9.55 Å². The lowest BCUT2D eigenvalue weighted by Crippen LogP contribution is -2.28. The number of rotatable bonds is 0. The summed E-state index contributed by atoms with van der Waals surface area (Å²) in [7, 11) is 0. The number of hydrogen-bond acceptors (Lipinski definition) is 5. The highest BCUT2D eigenvalue weighted by Crippen LogP contribution is 2.38. The van der Waals surface area contributed by atoms with Crippen molar-refractivity contribution in [3.05, 3.63) is 22.6 Å². The van der Waals surface area contributed by atoms with Gasteiger partial charge in [-0.25, -0.2) is 0 Å². The van der Waals surface area contributed by atoms with E-state index >= 15 is 0 Å². The molecule has 0 bridgehead atoms.